The van der Waals surface area contributed by atoms with Crippen molar-refractivity contribution in [3.8, 4) is 0 Å². The van der Waals surface area contributed by atoms with E-state index in [1.165, 1.54) is 37.6 Å². The number of hydrogen-bond donors (Lipinski definition) is 2. The lowest BCUT2D eigenvalue weighted by Gasteiger charge is -2.16. The van der Waals surface area contributed by atoms with E-state index in [4.69, 9.17) is 5.11 Å². The van der Waals surface area contributed by atoms with Gasteiger partial charge in [-0.15, -0.1) is 0 Å². The third-order valence-corrected chi connectivity index (χ3v) is 3.70. The fraction of sp³-hybridized carbons (Fsp3) is 0.357. The number of carbonyl (C=O) groups excluding carboxylic acids is 2. The number of carbonyl (C=O) groups is 3. The normalized spacial score (nSPS) is 13.0. The minimum atomic E-state index is -1.24. The van der Waals surface area contributed by atoms with Gasteiger partial charge in [0.05, 0.1) is 18.2 Å². The zero-order valence-corrected chi connectivity index (χ0v) is 13.0. The molecule has 7 nitrogen and oxygen atoms in total. The van der Waals surface area contributed by atoms with Crippen molar-refractivity contribution in [2.45, 2.75) is 12.5 Å². The van der Waals surface area contributed by atoms with Crippen molar-refractivity contribution >= 4 is 28.6 Å². The molecular formula is C14H17NO6S. The van der Waals surface area contributed by atoms with Gasteiger partial charge in [-0.25, -0.2) is 9.59 Å². The second kappa shape index (κ2) is 8.28. The highest BCUT2D eigenvalue weighted by Gasteiger charge is 2.24. The van der Waals surface area contributed by atoms with Gasteiger partial charge >= 0.3 is 11.9 Å². The maximum atomic E-state index is 12.2. The van der Waals surface area contributed by atoms with Crippen molar-refractivity contribution < 1.29 is 28.4 Å². The molecular weight excluding hydrogens is 310 g/mol. The Labute approximate surface area is 130 Å². The molecule has 0 saturated heterocycles. The zero-order chi connectivity index (χ0) is 16.7. The fourth-order valence-electron chi connectivity index (χ4n) is 1.78. The summed E-state index contributed by atoms with van der Waals surface area (Å²) in [6, 6.07) is 4.69. The highest BCUT2D eigenvalue weighted by atomic mass is 32.2. The SMILES string of the molecule is COC(=O)[C@H](CCS(C)=O)NC(=O)c1ccccc1C(=O)O. The first-order chi connectivity index (χ1) is 10.4. The molecule has 0 aliphatic rings. The molecule has 0 aromatic heterocycles. The topological polar surface area (TPSA) is 110 Å². The first-order valence-corrected chi connectivity index (χ1v) is 8.10. The molecule has 0 aliphatic carbocycles. The first-order valence-electron chi connectivity index (χ1n) is 6.37. The second-order valence-electron chi connectivity index (χ2n) is 4.47. The van der Waals surface area contributed by atoms with Gasteiger partial charge in [-0.05, 0) is 18.6 Å². The molecule has 0 bridgehead atoms. The van der Waals surface area contributed by atoms with Crippen LogP contribution in [0.1, 0.15) is 27.1 Å². The Morgan fingerprint density at radius 3 is 2.36 bits per heavy atom. The van der Waals surface area contributed by atoms with Crippen molar-refractivity contribution in [3.63, 3.8) is 0 Å². The Hall–Kier alpha value is -2.22. The van der Waals surface area contributed by atoms with Gasteiger partial charge in [-0.1, -0.05) is 12.1 Å². The second-order valence-corrected chi connectivity index (χ2v) is 6.02. The van der Waals surface area contributed by atoms with Crippen molar-refractivity contribution in [3.05, 3.63) is 35.4 Å². The van der Waals surface area contributed by atoms with Crippen LogP contribution in [0.2, 0.25) is 0 Å². The summed E-state index contributed by atoms with van der Waals surface area (Å²) in [4.78, 5) is 35.0. The van der Waals surface area contributed by atoms with E-state index in [0.717, 1.165) is 0 Å². The smallest absolute Gasteiger partial charge is 0.336 e. The van der Waals surface area contributed by atoms with Crippen molar-refractivity contribution in [1.29, 1.82) is 0 Å². The number of esters is 1. The molecule has 0 fully saturated rings. The van der Waals surface area contributed by atoms with Gasteiger partial charge in [0.25, 0.3) is 5.91 Å². The van der Waals surface area contributed by atoms with Crippen LogP contribution in [0.25, 0.3) is 0 Å². The Bertz CT molecular complexity index is 601. The summed E-state index contributed by atoms with van der Waals surface area (Å²) < 4.78 is 15.7. The molecule has 1 unspecified atom stereocenters. The standard InChI is InChI=1S/C14H17NO6S/c1-21-14(19)11(7-8-22(2)20)15-12(16)9-5-3-4-6-10(9)13(17)18/h3-6,11H,7-8H2,1-2H3,(H,15,16)(H,17,18)/t11-,22?/m0/s1. The minimum Gasteiger partial charge on any atom is -0.478 e. The molecule has 1 rings (SSSR count). The van der Waals surface area contributed by atoms with E-state index in [0.29, 0.717) is 0 Å². The Morgan fingerprint density at radius 1 is 1.27 bits per heavy atom. The number of rotatable bonds is 7. The van der Waals surface area contributed by atoms with Crippen LogP contribution in [-0.2, 0) is 20.3 Å². The van der Waals surface area contributed by atoms with Gasteiger partial charge in [-0.2, -0.15) is 0 Å². The average molecular weight is 327 g/mol. The maximum Gasteiger partial charge on any atom is 0.336 e. The molecule has 2 atom stereocenters. The highest BCUT2D eigenvalue weighted by molar-refractivity contribution is 7.84. The predicted octanol–water partition coefficient (Wildman–Crippen LogP) is 0.425. The number of hydrogen-bond acceptors (Lipinski definition) is 5. The van der Waals surface area contributed by atoms with Crippen LogP contribution in [0, 0.1) is 0 Å². The van der Waals surface area contributed by atoms with E-state index in [1.54, 1.807) is 0 Å². The molecule has 22 heavy (non-hydrogen) atoms. The lowest BCUT2D eigenvalue weighted by atomic mass is 10.1. The van der Waals surface area contributed by atoms with Gasteiger partial charge in [0.15, 0.2) is 0 Å². The Balaban J connectivity index is 2.93. The van der Waals surface area contributed by atoms with E-state index in [9.17, 15) is 18.6 Å². The average Bonchev–Trinajstić information content (AvgIpc) is 2.50. The zero-order valence-electron chi connectivity index (χ0n) is 12.2. The summed E-state index contributed by atoms with van der Waals surface area (Å²) in [5.74, 6) is -2.41. The molecule has 0 heterocycles. The van der Waals surface area contributed by atoms with Crippen molar-refractivity contribution in [2.24, 2.45) is 0 Å². The number of aromatic carboxylic acids is 1. The van der Waals surface area contributed by atoms with Gasteiger partial charge in [-0.3, -0.25) is 9.00 Å². The summed E-state index contributed by atoms with van der Waals surface area (Å²) in [5.41, 5.74) is -0.218. The fourth-order valence-corrected chi connectivity index (χ4v) is 2.35. The van der Waals surface area contributed by atoms with Gasteiger partial charge in [0, 0.05) is 22.8 Å². The van der Waals surface area contributed by atoms with Crippen LogP contribution in [0.5, 0.6) is 0 Å². The van der Waals surface area contributed by atoms with Crippen LogP contribution >= 0.6 is 0 Å². The van der Waals surface area contributed by atoms with Gasteiger partial charge in [0.1, 0.15) is 6.04 Å². The number of carboxylic acid groups (broad SMARTS) is 1. The van der Waals surface area contributed by atoms with E-state index >= 15 is 0 Å². The number of amides is 1. The van der Waals surface area contributed by atoms with Crippen LogP contribution in [-0.4, -0.2) is 52.3 Å². The van der Waals surface area contributed by atoms with Crippen LogP contribution in [0.15, 0.2) is 24.3 Å². The Kier molecular flexibility index (Phi) is 6.71. The molecule has 0 radical (unpaired) electrons. The predicted molar refractivity (Wildman–Crippen MR) is 80.2 cm³/mol. The summed E-state index contributed by atoms with van der Waals surface area (Å²) in [6.45, 7) is 0. The summed E-state index contributed by atoms with van der Waals surface area (Å²) in [6.07, 6.45) is 1.62. The largest absolute Gasteiger partial charge is 0.478 e. The third-order valence-electron chi connectivity index (χ3n) is 2.89. The molecule has 1 aromatic rings. The molecule has 0 saturated carbocycles. The van der Waals surface area contributed by atoms with Crippen LogP contribution in [0.3, 0.4) is 0 Å². The molecule has 1 amide bonds. The monoisotopic (exact) mass is 327 g/mol. The number of methoxy groups -OCH3 is 1. The minimum absolute atomic E-state index is 0.0541. The maximum absolute atomic E-state index is 12.2. The quantitative estimate of drug-likeness (QED) is 0.703. The van der Waals surface area contributed by atoms with E-state index in [2.05, 4.69) is 10.1 Å². The molecule has 0 aliphatic heterocycles. The number of benzene rings is 1. The lowest BCUT2D eigenvalue weighted by molar-refractivity contribution is -0.142. The van der Waals surface area contributed by atoms with E-state index in [1.807, 2.05) is 0 Å². The summed E-state index contributed by atoms with van der Waals surface area (Å²) in [5, 5.41) is 11.5. The number of carboxylic acids is 1. The highest BCUT2D eigenvalue weighted by Crippen LogP contribution is 2.10. The van der Waals surface area contributed by atoms with Gasteiger partial charge in [0.2, 0.25) is 0 Å². The first kappa shape index (κ1) is 17.8. The summed E-state index contributed by atoms with van der Waals surface area (Å²) in [7, 11) is 0.0473. The molecule has 8 heteroatoms. The van der Waals surface area contributed by atoms with Crippen LogP contribution < -0.4 is 5.32 Å². The number of ether oxygens (including phenoxy) is 1. The molecule has 1 aromatic carbocycles. The van der Waals surface area contributed by atoms with Crippen molar-refractivity contribution in [2.75, 3.05) is 19.1 Å². The van der Waals surface area contributed by atoms with Crippen LogP contribution in [0.4, 0.5) is 0 Å². The molecule has 0 spiro atoms. The van der Waals surface area contributed by atoms with Gasteiger partial charge < -0.3 is 15.2 Å². The third kappa shape index (κ3) is 4.96. The summed E-state index contributed by atoms with van der Waals surface area (Å²) >= 11 is 0. The lowest BCUT2D eigenvalue weighted by Crippen LogP contribution is -2.42. The van der Waals surface area contributed by atoms with Crippen molar-refractivity contribution in [1.82, 2.24) is 5.32 Å². The Morgan fingerprint density at radius 2 is 1.86 bits per heavy atom. The number of nitrogens with one attached hydrogen (secondary N) is 1. The molecule has 120 valence electrons. The van der Waals surface area contributed by atoms with E-state index < -0.39 is 34.7 Å². The van der Waals surface area contributed by atoms with E-state index in [-0.39, 0.29) is 23.3 Å². The molecule has 2 N–H and O–H groups in total.